The molecule has 0 radical (unpaired) electrons. The summed E-state index contributed by atoms with van der Waals surface area (Å²) in [5.74, 6) is 0.798. The van der Waals surface area contributed by atoms with Gasteiger partial charge in [-0.25, -0.2) is 0 Å². The SMILES string of the molecule is C=C1C[C@H]2c3ccccc3CC(=O)N3CCC[C@]23C1. The Labute approximate surface area is 114 Å². The first-order valence-electron chi connectivity index (χ1n) is 7.26. The molecule has 3 aliphatic rings. The summed E-state index contributed by atoms with van der Waals surface area (Å²) in [6, 6.07) is 8.53. The van der Waals surface area contributed by atoms with E-state index in [2.05, 4.69) is 35.7 Å². The van der Waals surface area contributed by atoms with E-state index in [0.717, 1.165) is 32.2 Å². The molecule has 2 fully saturated rings. The van der Waals surface area contributed by atoms with Gasteiger partial charge in [-0.15, -0.1) is 0 Å². The molecule has 0 unspecified atom stereocenters. The van der Waals surface area contributed by atoms with Gasteiger partial charge in [0.1, 0.15) is 0 Å². The van der Waals surface area contributed by atoms with Crippen LogP contribution in [0, 0.1) is 0 Å². The summed E-state index contributed by atoms with van der Waals surface area (Å²) >= 11 is 0. The van der Waals surface area contributed by atoms with E-state index in [0.29, 0.717) is 18.2 Å². The number of carbonyl (C=O) groups excluding carboxylic acids is 1. The summed E-state index contributed by atoms with van der Waals surface area (Å²) in [6.07, 6.45) is 4.95. The second-order valence-electron chi connectivity index (χ2n) is 6.31. The Morgan fingerprint density at radius 2 is 2.16 bits per heavy atom. The highest BCUT2D eigenvalue weighted by atomic mass is 16.2. The van der Waals surface area contributed by atoms with E-state index in [1.807, 2.05) is 0 Å². The molecule has 2 atom stereocenters. The van der Waals surface area contributed by atoms with Gasteiger partial charge in [0.2, 0.25) is 5.91 Å². The predicted octanol–water partition coefficient (Wildman–Crippen LogP) is 3.04. The van der Waals surface area contributed by atoms with Crippen LogP contribution in [0.1, 0.15) is 42.7 Å². The lowest BCUT2D eigenvalue weighted by Crippen LogP contribution is -2.47. The molecule has 1 aromatic rings. The first-order chi connectivity index (χ1) is 9.21. The normalized spacial score (nSPS) is 32.8. The first-order valence-corrected chi connectivity index (χ1v) is 7.26. The van der Waals surface area contributed by atoms with E-state index < -0.39 is 0 Å². The van der Waals surface area contributed by atoms with Crippen molar-refractivity contribution in [1.82, 2.24) is 4.90 Å². The molecule has 4 rings (SSSR count). The van der Waals surface area contributed by atoms with Crippen LogP contribution in [-0.2, 0) is 11.2 Å². The average Bonchev–Trinajstić information content (AvgIpc) is 2.93. The lowest BCUT2D eigenvalue weighted by atomic mass is 9.79. The maximum atomic E-state index is 12.6. The zero-order valence-corrected chi connectivity index (χ0v) is 11.2. The van der Waals surface area contributed by atoms with Crippen molar-refractivity contribution in [2.45, 2.75) is 43.6 Å². The number of benzene rings is 1. The number of fused-ring (bicyclic) bond motifs is 2. The average molecular weight is 253 g/mol. The predicted molar refractivity (Wildman–Crippen MR) is 74.9 cm³/mol. The number of hydrogen-bond donors (Lipinski definition) is 0. The molecule has 0 aromatic heterocycles. The van der Waals surface area contributed by atoms with Crippen LogP contribution < -0.4 is 0 Å². The van der Waals surface area contributed by atoms with Crippen molar-refractivity contribution in [3.8, 4) is 0 Å². The number of rotatable bonds is 0. The fourth-order valence-electron chi connectivity index (χ4n) is 4.62. The Balaban J connectivity index is 1.94. The van der Waals surface area contributed by atoms with E-state index in [9.17, 15) is 4.79 Å². The summed E-state index contributed by atoms with van der Waals surface area (Å²) in [5.41, 5.74) is 4.02. The van der Waals surface area contributed by atoms with Crippen molar-refractivity contribution in [1.29, 1.82) is 0 Å². The molecular weight excluding hydrogens is 234 g/mol. The van der Waals surface area contributed by atoms with E-state index in [1.165, 1.54) is 16.7 Å². The Kier molecular flexibility index (Phi) is 2.21. The summed E-state index contributed by atoms with van der Waals surface area (Å²) in [6.45, 7) is 5.17. The minimum Gasteiger partial charge on any atom is -0.336 e. The first kappa shape index (κ1) is 11.3. The van der Waals surface area contributed by atoms with Gasteiger partial charge in [-0.1, -0.05) is 36.4 Å². The molecule has 1 amide bonds. The van der Waals surface area contributed by atoms with Crippen LogP contribution in [0.3, 0.4) is 0 Å². The van der Waals surface area contributed by atoms with Crippen molar-refractivity contribution >= 4 is 5.91 Å². The van der Waals surface area contributed by atoms with E-state index in [-0.39, 0.29) is 5.54 Å². The molecule has 0 N–H and O–H groups in total. The lowest BCUT2D eigenvalue weighted by Gasteiger charge is -2.38. The molecule has 2 heteroatoms. The van der Waals surface area contributed by atoms with E-state index in [1.54, 1.807) is 0 Å². The highest BCUT2D eigenvalue weighted by molar-refractivity contribution is 5.82. The summed E-state index contributed by atoms with van der Waals surface area (Å²) in [5, 5.41) is 0. The minimum atomic E-state index is 0.0563. The minimum absolute atomic E-state index is 0.0563. The van der Waals surface area contributed by atoms with Gasteiger partial charge in [0.05, 0.1) is 12.0 Å². The third kappa shape index (κ3) is 1.40. The van der Waals surface area contributed by atoms with Crippen LogP contribution in [0.2, 0.25) is 0 Å². The van der Waals surface area contributed by atoms with Crippen LogP contribution in [0.4, 0.5) is 0 Å². The molecule has 19 heavy (non-hydrogen) atoms. The summed E-state index contributed by atoms with van der Waals surface area (Å²) in [7, 11) is 0. The van der Waals surface area contributed by atoms with E-state index in [4.69, 9.17) is 0 Å². The third-order valence-corrected chi connectivity index (χ3v) is 5.30. The van der Waals surface area contributed by atoms with Gasteiger partial charge in [0.25, 0.3) is 0 Å². The van der Waals surface area contributed by atoms with Gasteiger partial charge in [-0.2, -0.15) is 0 Å². The zero-order chi connectivity index (χ0) is 13.0. The Hall–Kier alpha value is -1.57. The van der Waals surface area contributed by atoms with Crippen LogP contribution in [0.5, 0.6) is 0 Å². The molecule has 1 spiro atoms. The lowest BCUT2D eigenvalue weighted by molar-refractivity contribution is -0.134. The number of amides is 1. The molecule has 2 heterocycles. The second kappa shape index (κ2) is 3.72. The monoisotopic (exact) mass is 253 g/mol. The quantitative estimate of drug-likeness (QED) is 0.651. The molecule has 0 bridgehead atoms. The molecule has 98 valence electrons. The highest BCUT2D eigenvalue weighted by Crippen LogP contribution is 2.55. The highest BCUT2D eigenvalue weighted by Gasteiger charge is 2.54. The third-order valence-electron chi connectivity index (χ3n) is 5.30. The number of hydrogen-bond acceptors (Lipinski definition) is 1. The summed E-state index contributed by atoms with van der Waals surface area (Å²) < 4.78 is 0. The molecule has 1 aromatic carbocycles. The van der Waals surface area contributed by atoms with Gasteiger partial charge in [-0.3, -0.25) is 4.79 Å². The van der Waals surface area contributed by atoms with Crippen LogP contribution >= 0.6 is 0 Å². The maximum Gasteiger partial charge on any atom is 0.227 e. The van der Waals surface area contributed by atoms with E-state index >= 15 is 0 Å². The Bertz CT molecular complexity index is 576. The second-order valence-corrected chi connectivity index (χ2v) is 6.31. The number of nitrogens with zero attached hydrogens (tertiary/aromatic N) is 1. The molecular formula is C17H19NO. The van der Waals surface area contributed by atoms with Crippen molar-refractivity contribution < 1.29 is 4.79 Å². The molecule has 1 aliphatic carbocycles. The van der Waals surface area contributed by atoms with Gasteiger partial charge >= 0.3 is 0 Å². The molecule has 2 aliphatic heterocycles. The molecule has 1 saturated carbocycles. The van der Waals surface area contributed by atoms with Crippen molar-refractivity contribution in [2.24, 2.45) is 0 Å². The molecule has 2 nitrogen and oxygen atoms in total. The van der Waals surface area contributed by atoms with Crippen molar-refractivity contribution in [3.63, 3.8) is 0 Å². The Morgan fingerprint density at radius 1 is 1.32 bits per heavy atom. The smallest absolute Gasteiger partial charge is 0.227 e. The Morgan fingerprint density at radius 3 is 3.05 bits per heavy atom. The van der Waals surface area contributed by atoms with Crippen molar-refractivity contribution in [2.75, 3.05) is 6.54 Å². The van der Waals surface area contributed by atoms with Gasteiger partial charge in [-0.05, 0) is 36.8 Å². The largest absolute Gasteiger partial charge is 0.336 e. The van der Waals surface area contributed by atoms with Gasteiger partial charge in [0, 0.05) is 12.5 Å². The fraction of sp³-hybridized carbons (Fsp3) is 0.471. The topological polar surface area (TPSA) is 20.3 Å². The molecule has 1 saturated heterocycles. The fourth-order valence-corrected chi connectivity index (χ4v) is 4.62. The number of carbonyl (C=O) groups is 1. The standard InChI is InChI=1S/C17H19NO/c1-12-9-15-14-6-3-2-5-13(14)10-16(19)18-8-4-7-17(15,18)11-12/h2-3,5-6,15H,1,4,7-11H2/t15-,17-/m0/s1. The van der Waals surface area contributed by atoms with Gasteiger partial charge < -0.3 is 4.90 Å². The maximum absolute atomic E-state index is 12.6. The van der Waals surface area contributed by atoms with Crippen LogP contribution in [-0.4, -0.2) is 22.9 Å². The zero-order valence-electron chi connectivity index (χ0n) is 11.2. The van der Waals surface area contributed by atoms with Crippen LogP contribution in [0.15, 0.2) is 36.4 Å². The summed E-state index contributed by atoms with van der Waals surface area (Å²) in [4.78, 5) is 14.8. The van der Waals surface area contributed by atoms with Gasteiger partial charge in [0.15, 0.2) is 0 Å². The van der Waals surface area contributed by atoms with Crippen molar-refractivity contribution in [3.05, 3.63) is 47.5 Å². The van der Waals surface area contributed by atoms with Crippen LogP contribution in [0.25, 0.3) is 0 Å².